The average Bonchev–Trinajstić information content (AvgIpc) is 2.70. The van der Waals surface area contributed by atoms with E-state index in [4.69, 9.17) is 5.73 Å². The number of rotatable bonds is 2. The molecular weight excluding hydrogens is 232 g/mol. The summed E-state index contributed by atoms with van der Waals surface area (Å²) in [6.45, 7) is 3.79. The SMILES string of the molecule is COC(=O)c1ncn(-c2ccc(C)nc2C)c1N. The van der Waals surface area contributed by atoms with Gasteiger partial charge in [0.15, 0.2) is 5.69 Å². The van der Waals surface area contributed by atoms with E-state index < -0.39 is 5.97 Å². The highest BCUT2D eigenvalue weighted by Crippen LogP contribution is 2.19. The second-order valence-electron chi connectivity index (χ2n) is 3.90. The van der Waals surface area contributed by atoms with Crippen LogP contribution in [0, 0.1) is 13.8 Å². The lowest BCUT2D eigenvalue weighted by Gasteiger charge is -2.08. The summed E-state index contributed by atoms with van der Waals surface area (Å²) in [6.07, 6.45) is 1.49. The summed E-state index contributed by atoms with van der Waals surface area (Å²) in [6, 6.07) is 3.76. The number of aryl methyl sites for hydroxylation is 2. The molecule has 0 atom stereocenters. The second kappa shape index (κ2) is 4.48. The number of carbonyl (C=O) groups excluding carboxylic acids is 1. The highest BCUT2D eigenvalue weighted by Gasteiger charge is 2.17. The maximum Gasteiger partial charge on any atom is 0.360 e. The molecule has 0 bridgehead atoms. The summed E-state index contributed by atoms with van der Waals surface area (Å²) >= 11 is 0. The Morgan fingerprint density at radius 3 is 2.72 bits per heavy atom. The Hall–Kier alpha value is -2.37. The molecule has 0 saturated carbocycles. The van der Waals surface area contributed by atoms with E-state index in [0.29, 0.717) is 0 Å². The van der Waals surface area contributed by atoms with Crippen LogP contribution in [0.3, 0.4) is 0 Å². The average molecular weight is 246 g/mol. The largest absolute Gasteiger partial charge is 0.464 e. The number of nitrogens with two attached hydrogens (primary N) is 1. The summed E-state index contributed by atoms with van der Waals surface area (Å²) in [4.78, 5) is 19.7. The third-order valence-corrected chi connectivity index (χ3v) is 2.64. The van der Waals surface area contributed by atoms with Crippen molar-refractivity contribution < 1.29 is 9.53 Å². The van der Waals surface area contributed by atoms with Gasteiger partial charge in [-0.1, -0.05) is 0 Å². The van der Waals surface area contributed by atoms with Crippen LogP contribution in [-0.4, -0.2) is 27.6 Å². The number of nitrogens with zero attached hydrogens (tertiary/aromatic N) is 3. The highest BCUT2D eigenvalue weighted by atomic mass is 16.5. The lowest BCUT2D eigenvalue weighted by molar-refractivity contribution is 0.0596. The van der Waals surface area contributed by atoms with Crippen molar-refractivity contribution in [3.8, 4) is 5.69 Å². The van der Waals surface area contributed by atoms with Crippen LogP contribution in [0.1, 0.15) is 21.9 Å². The highest BCUT2D eigenvalue weighted by molar-refractivity contribution is 5.92. The first kappa shape index (κ1) is 12.1. The molecule has 6 heteroatoms. The summed E-state index contributed by atoms with van der Waals surface area (Å²) < 4.78 is 6.22. The van der Waals surface area contributed by atoms with Crippen molar-refractivity contribution in [2.24, 2.45) is 0 Å². The predicted molar refractivity (Wildman–Crippen MR) is 66.6 cm³/mol. The maximum atomic E-state index is 11.4. The molecule has 0 aliphatic rings. The maximum absolute atomic E-state index is 11.4. The smallest absolute Gasteiger partial charge is 0.360 e. The number of pyridine rings is 1. The molecule has 2 heterocycles. The van der Waals surface area contributed by atoms with Crippen molar-refractivity contribution in [3.63, 3.8) is 0 Å². The minimum absolute atomic E-state index is 0.109. The van der Waals surface area contributed by atoms with Gasteiger partial charge < -0.3 is 10.5 Å². The molecule has 2 N–H and O–H groups in total. The molecule has 2 rings (SSSR count). The van der Waals surface area contributed by atoms with Gasteiger partial charge in [0, 0.05) is 5.69 Å². The first-order chi connectivity index (χ1) is 8.54. The number of hydrogen-bond donors (Lipinski definition) is 1. The molecule has 0 fully saturated rings. The van der Waals surface area contributed by atoms with Gasteiger partial charge in [-0.3, -0.25) is 9.55 Å². The van der Waals surface area contributed by atoms with Gasteiger partial charge >= 0.3 is 5.97 Å². The van der Waals surface area contributed by atoms with E-state index in [2.05, 4.69) is 14.7 Å². The first-order valence-electron chi connectivity index (χ1n) is 5.40. The Labute approximate surface area is 104 Å². The molecule has 0 aliphatic heterocycles. The van der Waals surface area contributed by atoms with Crippen LogP contribution < -0.4 is 5.73 Å². The Morgan fingerprint density at radius 1 is 1.39 bits per heavy atom. The zero-order valence-electron chi connectivity index (χ0n) is 10.5. The van der Waals surface area contributed by atoms with E-state index in [9.17, 15) is 4.79 Å². The van der Waals surface area contributed by atoms with Crippen LogP contribution in [0.5, 0.6) is 0 Å². The number of methoxy groups -OCH3 is 1. The molecule has 0 aromatic carbocycles. The van der Waals surface area contributed by atoms with Gasteiger partial charge in [-0.05, 0) is 26.0 Å². The summed E-state index contributed by atoms with van der Waals surface area (Å²) in [5, 5.41) is 0. The lowest BCUT2D eigenvalue weighted by Crippen LogP contribution is -2.08. The fourth-order valence-corrected chi connectivity index (χ4v) is 1.74. The molecule has 94 valence electrons. The number of hydrogen-bond acceptors (Lipinski definition) is 5. The van der Waals surface area contributed by atoms with E-state index >= 15 is 0 Å². The normalized spacial score (nSPS) is 10.4. The van der Waals surface area contributed by atoms with Crippen LogP contribution in [0.4, 0.5) is 5.82 Å². The van der Waals surface area contributed by atoms with Crippen molar-refractivity contribution in [2.75, 3.05) is 12.8 Å². The van der Waals surface area contributed by atoms with Crippen LogP contribution >= 0.6 is 0 Å². The lowest BCUT2D eigenvalue weighted by atomic mass is 10.2. The molecule has 0 aliphatic carbocycles. The van der Waals surface area contributed by atoms with Crippen LogP contribution in [0.25, 0.3) is 5.69 Å². The third-order valence-electron chi connectivity index (χ3n) is 2.64. The van der Waals surface area contributed by atoms with Gasteiger partial charge in [0.05, 0.1) is 18.5 Å². The number of carbonyl (C=O) groups is 1. The molecule has 0 unspecified atom stereocenters. The van der Waals surface area contributed by atoms with Crippen LogP contribution in [-0.2, 0) is 4.74 Å². The molecule has 2 aromatic heterocycles. The number of imidazole rings is 1. The zero-order valence-corrected chi connectivity index (χ0v) is 10.5. The van der Waals surface area contributed by atoms with Gasteiger partial charge in [0.2, 0.25) is 0 Å². The molecule has 0 amide bonds. The minimum atomic E-state index is -0.552. The zero-order chi connectivity index (χ0) is 13.3. The van der Waals surface area contributed by atoms with E-state index in [1.807, 2.05) is 26.0 Å². The summed E-state index contributed by atoms with van der Waals surface area (Å²) in [7, 11) is 1.29. The Kier molecular flexibility index (Phi) is 3.01. The molecular formula is C12H14N4O2. The van der Waals surface area contributed by atoms with Gasteiger partial charge in [-0.25, -0.2) is 9.78 Å². The summed E-state index contributed by atoms with van der Waals surface area (Å²) in [5.74, 6) is -0.306. The monoisotopic (exact) mass is 246 g/mol. The van der Waals surface area contributed by atoms with Gasteiger partial charge in [-0.2, -0.15) is 0 Å². The van der Waals surface area contributed by atoms with Crippen molar-refractivity contribution in [1.29, 1.82) is 0 Å². The standard InChI is InChI=1S/C12H14N4O2/c1-7-4-5-9(8(2)15-7)16-6-14-10(11(16)13)12(17)18-3/h4-6H,13H2,1-3H3. The summed E-state index contributed by atoms with van der Waals surface area (Å²) in [5.41, 5.74) is 8.53. The van der Waals surface area contributed by atoms with Crippen molar-refractivity contribution >= 4 is 11.8 Å². The molecule has 0 saturated heterocycles. The van der Waals surface area contributed by atoms with Gasteiger partial charge in [0.25, 0.3) is 0 Å². The third kappa shape index (κ3) is 1.92. The second-order valence-corrected chi connectivity index (χ2v) is 3.90. The Bertz CT molecular complexity index is 604. The number of nitrogen functional groups attached to an aromatic ring is 1. The van der Waals surface area contributed by atoms with Gasteiger partial charge in [0.1, 0.15) is 12.1 Å². The van der Waals surface area contributed by atoms with E-state index in [1.165, 1.54) is 13.4 Å². The number of anilines is 1. The van der Waals surface area contributed by atoms with Crippen LogP contribution in [0.2, 0.25) is 0 Å². The van der Waals surface area contributed by atoms with Crippen molar-refractivity contribution in [1.82, 2.24) is 14.5 Å². The van der Waals surface area contributed by atoms with E-state index in [1.54, 1.807) is 4.57 Å². The number of aromatic nitrogens is 3. The molecule has 6 nitrogen and oxygen atoms in total. The molecule has 2 aromatic rings. The number of esters is 1. The van der Waals surface area contributed by atoms with Crippen LogP contribution in [0.15, 0.2) is 18.5 Å². The quantitative estimate of drug-likeness (QED) is 0.806. The van der Waals surface area contributed by atoms with Crippen molar-refractivity contribution in [3.05, 3.63) is 35.5 Å². The fourth-order valence-electron chi connectivity index (χ4n) is 1.74. The molecule has 18 heavy (non-hydrogen) atoms. The Morgan fingerprint density at radius 2 is 2.11 bits per heavy atom. The van der Waals surface area contributed by atoms with Gasteiger partial charge in [-0.15, -0.1) is 0 Å². The minimum Gasteiger partial charge on any atom is -0.464 e. The van der Waals surface area contributed by atoms with Crippen molar-refractivity contribution in [2.45, 2.75) is 13.8 Å². The van der Waals surface area contributed by atoms with E-state index in [-0.39, 0.29) is 11.5 Å². The fraction of sp³-hybridized carbons (Fsp3) is 0.250. The molecule has 0 radical (unpaired) electrons. The van der Waals surface area contributed by atoms with E-state index in [0.717, 1.165) is 17.1 Å². The first-order valence-corrected chi connectivity index (χ1v) is 5.40. The molecule has 0 spiro atoms. The Balaban J connectivity index is 2.52. The topological polar surface area (TPSA) is 83.0 Å². The predicted octanol–water partition coefficient (Wildman–Crippen LogP) is 1.25. The number of ether oxygens (including phenoxy) is 1.